The molecule has 0 aliphatic carbocycles. The van der Waals surface area contributed by atoms with E-state index in [1.54, 1.807) is 6.92 Å². The van der Waals surface area contributed by atoms with Crippen LogP contribution >= 0.6 is 22.6 Å². The van der Waals surface area contributed by atoms with E-state index in [1.165, 1.54) is 0 Å². The number of fused-ring (bicyclic) bond motifs is 1. The van der Waals surface area contributed by atoms with Crippen molar-refractivity contribution in [3.05, 3.63) is 21.9 Å². The minimum absolute atomic E-state index is 0.208. The Balaban J connectivity index is 1.76. The van der Waals surface area contributed by atoms with Gasteiger partial charge in [-0.15, -0.1) is 0 Å². The molecule has 5 heteroatoms. The summed E-state index contributed by atoms with van der Waals surface area (Å²) >= 11 is 2.26. The number of hydrogen-bond donors (Lipinski definition) is 0. The van der Waals surface area contributed by atoms with Gasteiger partial charge in [0.1, 0.15) is 5.82 Å². The first-order chi connectivity index (χ1) is 8.65. The van der Waals surface area contributed by atoms with Gasteiger partial charge >= 0.3 is 0 Å². The monoisotopic (exact) mass is 357 g/mol. The van der Waals surface area contributed by atoms with E-state index in [1.807, 2.05) is 11.1 Å². The smallest absolute Gasteiger partial charge is 0.219 e. The minimum Gasteiger partial charge on any atom is -0.354 e. The summed E-state index contributed by atoms with van der Waals surface area (Å²) in [5.74, 6) is 1.86. The van der Waals surface area contributed by atoms with Crippen LogP contribution < -0.4 is 4.90 Å². The molecule has 96 valence electrons. The Morgan fingerprint density at radius 2 is 2.28 bits per heavy atom. The standard InChI is InChI=1S/C13H16IN3O/c1-9(18)17-5-4-10-7-16(8-12(10)17)13-3-2-11(14)6-15-13/h2-3,6,10,12H,4-5,7-8H2,1H3. The fraction of sp³-hybridized carbons (Fsp3) is 0.538. The van der Waals surface area contributed by atoms with Crippen LogP contribution in [0.4, 0.5) is 5.82 Å². The second-order valence-corrected chi connectivity index (χ2v) is 6.31. The zero-order valence-electron chi connectivity index (χ0n) is 10.3. The Kier molecular flexibility index (Phi) is 3.17. The number of carbonyl (C=O) groups is 1. The highest BCUT2D eigenvalue weighted by molar-refractivity contribution is 14.1. The summed E-state index contributed by atoms with van der Waals surface area (Å²) in [7, 11) is 0. The number of anilines is 1. The third-order valence-corrected chi connectivity index (χ3v) is 4.63. The summed E-state index contributed by atoms with van der Waals surface area (Å²) in [6.45, 7) is 4.56. The highest BCUT2D eigenvalue weighted by Crippen LogP contribution is 2.33. The van der Waals surface area contributed by atoms with Gasteiger partial charge < -0.3 is 9.80 Å². The number of likely N-dealkylation sites (tertiary alicyclic amines) is 1. The Morgan fingerprint density at radius 1 is 1.44 bits per heavy atom. The molecule has 0 spiro atoms. The van der Waals surface area contributed by atoms with Crippen LogP contribution in [0.25, 0.3) is 0 Å². The number of carbonyl (C=O) groups excluding carboxylic acids is 1. The van der Waals surface area contributed by atoms with Gasteiger partial charge in [0.25, 0.3) is 0 Å². The predicted octanol–water partition coefficient (Wildman–Crippen LogP) is 1.74. The molecular formula is C13H16IN3O. The lowest BCUT2D eigenvalue weighted by molar-refractivity contribution is -0.129. The number of nitrogens with zero attached hydrogens (tertiary/aromatic N) is 3. The molecule has 3 rings (SSSR count). The molecule has 2 aliphatic heterocycles. The van der Waals surface area contributed by atoms with E-state index < -0.39 is 0 Å². The molecule has 2 fully saturated rings. The maximum atomic E-state index is 11.6. The lowest BCUT2D eigenvalue weighted by atomic mass is 10.1. The molecule has 2 atom stereocenters. The van der Waals surface area contributed by atoms with Gasteiger partial charge in [0.2, 0.25) is 5.91 Å². The Hall–Kier alpha value is -0.850. The zero-order valence-corrected chi connectivity index (χ0v) is 12.5. The molecule has 2 saturated heterocycles. The molecule has 3 heterocycles. The summed E-state index contributed by atoms with van der Waals surface area (Å²) in [5.41, 5.74) is 0. The highest BCUT2D eigenvalue weighted by atomic mass is 127. The van der Waals surface area contributed by atoms with Crippen LogP contribution in [-0.2, 0) is 4.79 Å². The molecule has 1 amide bonds. The van der Waals surface area contributed by atoms with Gasteiger partial charge in [0, 0.05) is 42.2 Å². The molecule has 18 heavy (non-hydrogen) atoms. The third kappa shape index (κ3) is 2.08. The van der Waals surface area contributed by atoms with Gasteiger partial charge in [0.05, 0.1) is 6.04 Å². The van der Waals surface area contributed by atoms with Crippen molar-refractivity contribution < 1.29 is 4.79 Å². The van der Waals surface area contributed by atoms with Gasteiger partial charge in [-0.1, -0.05) is 0 Å². The maximum absolute atomic E-state index is 11.6. The lowest BCUT2D eigenvalue weighted by Crippen LogP contribution is -2.38. The van der Waals surface area contributed by atoms with Crippen molar-refractivity contribution in [1.29, 1.82) is 0 Å². The van der Waals surface area contributed by atoms with Crippen LogP contribution in [-0.4, -0.2) is 41.5 Å². The largest absolute Gasteiger partial charge is 0.354 e. The first-order valence-corrected chi connectivity index (χ1v) is 7.37. The van der Waals surface area contributed by atoms with Crippen molar-refractivity contribution in [2.45, 2.75) is 19.4 Å². The molecule has 2 aliphatic rings. The average Bonchev–Trinajstić information content (AvgIpc) is 2.88. The second-order valence-electron chi connectivity index (χ2n) is 5.07. The normalized spacial score (nSPS) is 26.6. The molecule has 0 aromatic carbocycles. The molecule has 0 bridgehead atoms. The first-order valence-electron chi connectivity index (χ1n) is 6.29. The lowest BCUT2D eigenvalue weighted by Gasteiger charge is -2.24. The zero-order chi connectivity index (χ0) is 12.7. The third-order valence-electron chi connectivity index (χ3n) is 3.99. The van der Waals surface area contributed by atoms with Gasteiger partial charge in [-0.05, 0) is 41.1 Å². The molecule has 0 radical (unpaired) electrons. The molecule has 1 aromatic rings. The molecule has 0 N–H and O–H groups in total. The predicted molar refractivity (Wildman–Crippen MR) is 78.4 cm³/mol. The quantitative estimate of drug-likeness (QED) is 0.719. The van der Waals surface area contributed by atoms with E-state index in [0.717, 1.165) is 35.4 Å². The van der Waals surface area contributed by atoms with Gasteiger partial charge in [-0.25, -0.2) is 4.98 Å². The van der Waals surface area contributed by atoms with Crippen molar-refractivity contribution in [3.8, 4) is 0 Å². The minimum atomic E-state index is 0.208. The fourth-order valence-corrected chi connectivity index (χ4v) is 3.41. The number of hydrogen-bond acceptors (Lipinski definition) is 3. The summed E-state index contributed by atoms with van der Waals surface area (Å²) in [6, 6.07) is 4.55. The van der Waals surface area contributed by atoms with Crippen LogP contribution in [0.2, 0.25) is 0 Å². The number of aromatic nitrogens is 1. The topological polar surface area (TPSA) is 36.4 Å². The molecule has 4 nitrogen and oxygen atoms in total. The van der Waals surface area contributed by atoms with Gasteiger partial charge in [0.15, 0.2) is 0 Å². The number of rotatable bonds is 1. The van der Waals surface area contributed by atoms with E-state index in [-0.39, 0.29) is 5.91 Å². The van der Waals surface area contributed by atoms with E-state index in [9.17, 15) is 4.79 Å². The maximum Gasteiger partial charge on any atom is 0.219 e. The van der Waals surface area contributed by atoms with Gasteiger partial charge in [-0.2, -0.15) is 0 Å². The Morgan fingerprint density at radius 3 is 2.94 bits per heavy atom. The SMILES string of the molecule is CC(=O)N1CCC2CN(c3ccc(I)cn3)CC21. The van der Waals surface area contributed by atoms with Crippen molar-refractivity contribution in [2.24, 2.45) is 5.92 Å². The summed E-state index contributed by atoms with van der Waals surface area (Å²) in [5, 5.41) is 0. The Labute approximate surface area is 121 Å². The number of pyridine rings is 1. The molecule has 1 aromatic heterocycles. The average molecular weight is 357 g/mol. The van der Waals surface area contributed by atoms with E-state index in [2.05, 4.69) is 44.6 Å². The number of halogens is 1. The van der Waals surface area contributed by atoms with Crippen molar-refractivity contribution in [3.63, 3.8) is 0 Å². The van der Waals surface area contributed by atoms with Crippen LogP contribution in [0.5, 0.6) is 0 Å². The fourth-order valence-electron chi connectivity index (χ4n) is 3.09. The molecule has 0 saturated carbocycles. The van der Waals surface area contributed by atoms with E-state index in [0.29, 0.717) is 12.0 Å². The van der Waals surface area contributed by atoms with Crippen LogP contribution in [0.3, 0.4) is 0 Å². The summed E-state index contributed by atoms with van der Waals surface area (Å²) in [6.07, 6.45) is 3.03. The summed E-state index contributed by atoms with van der Waals surface area (Å²) in [4.78, 5) is 20.4. The van der Waals surface area contributed by atoms with Crippen LogP contribution in [0.15, 0.2) is 18.3 Å². The van der Waals surface area contributed by atoms with Crippen LogP contribution in [0.1, 0.15) is 13.3 Å². The second kappa shape index (κ2) is 4.68. The van der Waals surface area contributed by atoms with Gasteiger partial charge in [-0.3, -0.25) is 4.79 Å². The van der Waals surface area contributed by atoms with E-state index >= 15 is 0 Å². The molecule has 2 unspecified atom stereocenters. The number of amides is 1. The highest BCUT2D eigenvalue weighted by Gasteiger charge is 2.42. The van der Waals surface area contributed by atoms with Crippen molar-refractivity contribution in [2.75, 3.05) is 24.5 Å². The van der Waals surface area contributed by atoms with E-state index in [4.69, 9.17) is 0 Å². The summed E-state index contributed by atoms with van der Waals surface area (Å²) < 4.78 is 1.15. The van der Waals surface area contributed by atoms with Crippen molar-refractivity contribution in [1.82, 2.24) is 9.88 Å². The Bertz CT molecular complexity index is 462. The van der Waals surface area contributed by atoms with Crippen LogP contribution in [0, 0.1) is 9.49 Å². The van der Waals surface area contributed by atoms with Crippen molar-refractivity contribution >= 4 is 34.3 Å². The first kappa shape index (κ1) is 12.2. The molecular weight excluding hydrogens is 341 g/mol.